The van der Waals surface area contributed by atoms with Gasteiger partial charge in [-0.3, -0.25) is 4.79 Å². The maximum Gasteiger partial charge on any atom is 0.269 e. The number of allylic oxidation sites excluding steroid dienone is 1. The van der Waals surface area contributed by atoms with Crippen molar-refractivity contribution in [2.75, 3.05) is 0 Å². The predicted octanol–water partition coefficient (Wildman–Crippen LogP) is 1.71. The molecule has 1 atom stereocenters. The second kappa shape index (κ2) is 2.29. The molecule has 0 bridgehead atoms. The van der Waals surface area contributed by atoms with E-state index in [0.29, 0.717) is 5.92 Å². The zero-order valence-corrected chi connectivity index (χ0v) is 6.63. The number of fused-ring (bicyclic) bond motifs is 1. The fraction of sp³-hybridized carbons (Fsp3) is 0.556. The van der Waals surface area contributed by atoms with Crippen molar-refractivity contribution >= 4 is 11.6 Å². The number of nitrogens with zero attached hydrogens (tertiary/aromatic N) is 1. The third kappa shape index (κ3) is 1.02. The van der Waals surface area contributed by atoms with Crippen molar-refractivity contribution in [2.45, 2.75) is 26.2 Å². The molecular weight excluding hydrogens is 138 g/mol. The van der Waals surface area contributed by atoms with Crippen LogP contribution in [0.25, 0.3) is 0 Å². The number of aliphatic imine (C=N–C) groups is 1. The molecule has 1 fully saturated rings. The molecule has 1 amide bonds. The van der Waals surface area contributed by atoms with Crippen molar-refractivity contribution in [2.24, 2.45) is 10.9 Å². The van der Waals surface area contributed by atoms with E-state index in [9.17, 15) is 4.79 Å². The molecule has 1 aliphatic heterocycles. The largest absolute Gasteiger partial charge is 0.269 e. The molecule has 0 spiro atoms. The topological polar surface area (TPSA) is 29.4 Å². The van der Waals surface area contributed by atoms with E-state index in [1.807, 2.05) is 6.92 Å². The molecule has 1 saturated carbocycles. The minimum atomic E-state index is -0.0596. The Balaban J connectivity index is 2.36. The number of amides is 1. The van der Waals surface area contributed by atoms with Gasteiger partial charge in [-0.2, -0.15) is 0 Å². The molecule has 1 unspecified atom stereocenters. The minimum Gasteiger partial charge on any atom is -0.267 e. The van der Waals surface area contributed by atoms with E-state index in [1.54, 1.807) is 6.08 Å². The van der Waals surface area contributed by atoms with E-state index in [4.69, 9.17) is 0 Å². The van der Waals surface area contributed by atoms with E-state index >= 15 is 0 Å². The van der Waals surface area contributed by atoms with Crippen LogP contribution in [0, 0.1) is 5.92 Å². The van der Waals surface area contributed by atoms with Crippen LogP contribution in [0.4, 0.5) is 0 Å². The zero-order valence-electron chi connectivity index (χ0n) is 6.63. The van der Waals surface area contributed by atoms with Crippen LogP contribution < -0.4 is 0 Å². The number of hydrogen-bond acceptors (Lipinski definition) is 1. The normalized spacial score (nSPS) is 29.5. The Hall–Kier alpha value is -0.920. The number of carbonyl (C=O) groups excluding carboxylic acids is 1. The van der Waals surface area contributed by atoms with Gasteiger partial charge in [0.15, 0.2) is 0 Å². The van der Waals surface area contributed by atoms with E-state index < -0.39 is 0 Å². The van der Waals surface area contributed by atoms with Gasteiger partial charge in [0.2, 0.25) is 0 Å². The second-order valence-electron chi connectivity index (χ2n) is 3.27. The number of dihydropyridines is 1. The minimum absolute atomic E-state index is 0.0596. The Morgan fingerprint density at radius 1 is 1.64 bits per heavy atom. The maximum atomic E-state index is 11.0. The third-order valence-corrected chi connectivity index (χ3v) is 2.48. The Bertz CT molecular complexity index is 263. The van der Waals surface area contributed by atoms with Gasteiger partial charge in [0.05, 0.1) is 0 Å². The van der Waals surface area contributed by atoms with E-state index in [0.717, 1.165) is 12.1 Å². The fourth-order valence-electron chi connectivity index (χ4n) is 1.92. The van der Waals surface area contributed by atoms with Crippen molar-refractivity contribution in [3.05, 3.63) is 11.6 Å². The van der Waals surface area contributed by atoms with Crippen molar-refractivity contribution in [1.82, 2.24) is 0 Å². The van der Waals surface area contributed by atoms with Gasteiger partial charge < -0.3 is 0 Å². The zero-order chi connectivity index (χ0) is 7.84. The van der Waals surface area contributed by atoms with Crippen LogP contribution >= 0.6 is 0 Å². The van der Waals surface area contributed by atoms with Crippen molar-refractivity contribution in [3.8, 4) is 0 Å². The summed E-state index contributed by atoms with van der Waals surface area (Å²) >= 11 is 0. The molecular formula is C9H11NO. The Morgan fingerprint density at radius 2 is 2.45 bits per heavy atom. The van der Waals surface area contributed by atoms with Gasteiger partial charge in [-0.1, -0.05) is 5.57 Å². The van der Waals surface area contributed by atoms with Crippen molar-refractivity contribution in [1.29, 1.82) is 0 Å². The maximum absolute atomic E-state index is 11.0. The van der Waals surface area contributed by atoms with E-state index in [1.165, 1.54) is 18.4 Å². The SMILES string of the molecule is CC1=CC(=O)N=C2CCCC12. The molecule has 58 valence electrons. The average Bonchev–Trinajstić information content (AvgIpc) is 2.34. The molecule has 0 aromatic rings. The smallest absolute Gasteiger partial charge is 0.267 e. The lowest BCUT2D eigenvalue weighted by atomic mass is 9.95. The van der Waals surface area contributed by atoms with Gasteiger partial charge in [-0.25, -0.2) is 4.99 Å². The Morgan fingerprint density at radius 3 is 3.27 bits per heavy atom. The summed E-state index contributed by atoms with van der Waals surface area (Å²) in [5.74, 6) is 0.448. The molecule has 0 radical (unpaired) electrons. The lowest BCUT2D eigenvalue weighted by Crippen LogP contribution is -2.15. The summed E-state index contributed by atoms with van der Waals surface area (Å²) < 4.78 is 0. The first kappa shape index (κ1) is 6.77. The van der Waals surface area contributed by atoms with Gasteiger partial charge in [-0.05, 0) is 26.2 Å². The number of hydrogen-bond donors (Lipinski definition) is 0. The molecule has 2 heteroatoms. The first-order valence-corrected chi connectivity index (χ1v) is 4.07. The molecule has 2 rings (SSSR count). The predicted molar refractivity (Wildman–Crippen MR) is 43.5 cm³/mol. The van der Waals surface area contributed by atoms with Gasteiger partial charge in [0.1, 0.15) is 0 Å². The monoisotopic (exact) mass is 149 g/mol. The molecule has 0 saturated heterocycles. The van der Waals surface area contributed by atoms with Crippen LogP contribution in [0.5, 0.6) is 0 Å². The summed E-state index contributed by atoms with van der Waals surface area (Å²) in [6.45, 7) is 2.03. The summed E-state index contributed by atoms with van der Waals surface area (Å²) in [6.07, 6.45) is 5.08. The van der Waals surface area contributed by atoms with E-state index in [-0.39, 0.29) is 5.91 Å². The molecule has 1 heterocycles. The quantitative estimate of drug-likeness (QED) is 0.515. The molecule has 2 nitrogen and oxygen atoms in total. The summed E-state index contributed by atoms with van der Waals surface area (Å²) in [5.41, 5.74) is 2.33. The van der Waals surface area contributed by atoms with Gasteiger partial charge in [0.25, 0.3) is 5.91 Å². The summed E-state index contributed by atoms with van der Waals surface area (Å²) in [6, 6.07) is 0. The highest BCUT2D eigenvalue weighted by atomic mass is 16.1. The molecule has 2 aliphatic rings. The molecule has 0 N–H and O–H groups in total. The highest BCUT2D eigenvalue weighted by Crippen LogP contribution is 2.31. The second-order valence-corrected chi connectivity index (χ2v) is 3.27. The summed E-state index contributed by atoms with van der Waals surface area (Å²) in [7, 11) is 0. The molecule has 11 heavy (non-hydrogen) atoms. The first-order chi connectivity index (χ1) is 5.27. The average molecular weight is 149 g/mol. The fourth-order valence-corrected chi connectivity index (χ4v) is 1.92. The third-order valence-electron chi connectivity index (χ3n) is 2.48. The number of carbonyl (C=O) groups is 1. The standard InChI is InChI=1S/C9H11NO/c1-6-5-9(11)10-8-4-2-3-7(6)8/h5,7H,2-4H2,1H3. The van der Waals surface area contributed by atoms with Crippen LogP contribution in [0.15, 0.2) is 16.6 Å². The van der Waals surface area contributed by atoms with Crippen LogP contribution in [0.2, 0.25) is 0 Å². The molecule has 1 aliphatic carbocycles. The Labute approximate surface area is 66.0 Å². The van der Waals surface area contributed by atoms with E-state index in [2.05, 4.69) is 4.99 Å². The molecule has 0 aromatic heterocycles. The lowest BCUT2D eigenvalue weighted by molar-refractivity contribution is -0.113. The highest BCUT2D eigenvalue weighted by Gasteiger charge is 2.27. The van der Waals surface area contributed by atoms with Gasteiger partial charge >= 0.3 is 0 Å². The van der Waals surface area contributed by atoms with Crippen LogP contribution in [-0.2, 0) is 4.79 Å². The summed E-state index contributed by atoms with van der Waals surface area (Å²) in [4.78, 5) is 14.9. The van der Waals surface area contributed by atoms with Crippen LogP contribution in [0.3, 0.4) is 0 Å². The molecule has 0 aromatic carbocycles. The lowest BCUT2D eigenvalue weighted by Gasteiger charge is -2.14. The number of rotatable bonds is 0. The first-order valence-electron chi connectivity index (χ1n) is 4.07. The van der Waals surface area contributed by atoms with Gasteiger partial charge in [0, 0.05) is 17.7 Å². The Kier molecular flexibility index (Phi) is 1.41. The van der Waals surface area contributed by atoms with Crippen LogP contribution in [-0.4, -0.2) is 11.6 Å². The van der Waals surface area contributed by atoms with Crippen molar-refractivity contribution in [3.63, 3.8) is 0 Å². The van der Waals surface area contributed by atoms with Crippen molar-refractivity contribution < 1.29 is 4.79 Å². The summed E-state index contributed by atoms with van der Waals surface area (Å²) in [5, 5.41) is 0. The highest BCUT2D eigenvalue weighted by molar-refractivity contribution is 6.06. The van der Waals surface area contributed by atoms with Crippen LogP contribution in [0.1, 0.15) is 26.2 Å². The van der Waals surface area contributed by atoms with Gasteiger partial charge in [-0.15, -0.1) is 0 Å².